The molecule has 1 N–H and O–H groups in total. The number of para-hydroxylation sites is 1. The van der Waals surface area contributed by atoms with Crippen molar-refractivity contribution < 1.29 is 9.53 Å². The molecule has 0 atom stereocenters. The van der Waals surface area contributed by atoms with Gasteiger partial charge >= 0.3 is 0 Å². The van der Waals surface area contributed by atoms with Crippen LogP contribution in [0.3, 0.4) is 0 Å². The van der Waals surface area contributed by atoms with Gasteiger partial charge in [-0.15, -0.1) is 12.4 Å². The Hall–Kier alpha value is -2.20. The molecule has 0 saturated heterocycles. The van der Waals surface area contributed by atoms with Crippen LogP contribution in [-0.4, -0.2) is 26.1 Å². The van der Waals surface area contributed by atoms with Crippen molar-refractivity contribution in [1.29, 1.82) is 0 Å². The Balaban J connectivity index is 0.00000544. The third-order valence-electron chi connectivity index (χ3n) is 5.97. The summed E-state index contributed by atoms with van der Waals surface area (Å²) in [5.41, 5.74) is 4.55. The Kier molecular flexibility index (Phi) is 13.0. The first-order chi connectivity index (χ1) is 15.4. The number of ether oxygens (including phenoxy) is 1. The van der Waals surface area contributed by atoms with Crippen molar-refractivity contribution in [1.82, 2.24) is 0 Å². The van der Waals surface area contributed by atoms with Gasteiger partial charge in [-0.2, -0.15) is 0 Å². The molecule has 4 nitrogen and oxygen atoms in total. The highest BCUT2D eigenvalue weighted by molar-refractivity contribution is 5.93. The molecule has 2 rings (SSSR count). The smallest absolute Gasteiger partial charge is 0.226 e. The number of hydrogen-bond acceptors (Lipinski definition) is 3. The number of benzene rings is 2. The zero-order chi connectivity index (χ0) is 23.5. The van der Waals surface area contributed by atoms with Crippen LogP contribution in [0.5, 0.6) is 5.75 Å². The molecule has 0 aliphatic carbocycles. The van der Waals surface area contributed by atoms with Crippen molar-refractivity contribution in [2.24, 2.45) is 0 Å². The average molecular weight is 475 g/mol. The van der Waals surface area contributed by atoms with E-state index >= 15 is 0 Å². The normalized spacial score (nSPS) is 10.8. The summed E-state index contributed by atoms with van der Waals surface area (Å²) in [6.07, 6.45) is 5.28. The highest BCUT2D eigenvalue weighted by Gasteiger charge is 2.17. The van der Waals surface area contributed by atoms with Gasteiger partial charge in [0.15, 0.2) is 0 Å². The number of methoxy groups -OCH3 is 1. The van der Waals surface area contributed by atoms with Crippen LogP contribution in [0, 0.1) is 0 Å². The fourth-order valence-corrected chi connectivity index (χ4v) is 4.03. The van der Waals surface area contributed by atoms with Crippen molar-refractivity contribution in [3.63, 3.8) is 0 Å². The number of rotatable bonds is 13. The number of amides is 1. The second kappa shape index (κ2) is 14.8. The SMILES string of the molecule is CCCCCCN(CCC(=O)Nc1c(C(C)C)cccc1C(C)C)c1ccc(OC)cc1.Cl. The molecule has 0 aromatic heterocycles. The standard InChI is InChI=1S/C28H42N2O2.ClH/c1-7-8-9-10-19-30(23-14-16-24(32-6)17-15-23)20-18-27(31)29-28-25(21(2)3)12-11-13-26(28)22(4)5;/h11-17,21-22H,7-10,18-20H2,1-6H3,(H,29,31);1H. The van der Waals surface area contributed by atoms with E-state index in [4.69, 9.17) is 4.74 Å². The summed E-state index contributed by atoms with van der Waals surface area (Å²) in [5, 5.41) is 3.26. The first-order valence-corrected chi connectivity index (χ1v) is 12.2. The number of unbranched alkanes of at least 4 members (excludes halogenated alkanes) is 3. The molecule has 0 radical (unpaired) electrons. The van der Waals surface area contributed by atoms with E-state index < -0.39 is 0 Å². The van der Waals surface area contributed by atoms with Gasteiger partial charge in [-0.3, -0.25) is 4.79 Å². The molecule has 184 valence electrons. The molecule has 33 heavy (non-hydrogen) atoms. The maximum absolute atomic E-state index is 13.0. The van der Waals surface area contributed by atoms with E-state index in [2.05, 4.69) is 75.2 Å². The Morgan fingerprint density at radius 2 is 1.52 bits per heavy atom. The average Bonchev–Trinajstić information content (AvgIpc) is 2.78. The topological polar surface area (TPSA) is 41.6 Å². The molecular formula is C28H43ClN2O2. The molecule has 0 aliphatic rings. The third kappa shape index (κ3) is 8.92. The van der Waals surface area contributed by atoms with Crippen molar-refractivity contribution in [2.45, 2.75) is 78.6 Å². The van der Waals surface area contributed by atoms with E-state index in [1.807, 2.05) is 12.1 Å². The van der Waals surface area contributed by atoms with Crippen LogP contribution < -0.4 is 15.0 Å². The molecule has 0 aliphatic heterocycles. The van der Waals surface area contributed by atoms with E-state index in [1.54, 1.807) is 7.11 Å². The molecular weight excluding hydrogens is 432 g/mol. The van der Waals surface area contributed by atoms with Crippen LogP contribution >= 0.6 is 12.4 Å². The van der Waals surface area contributed by atoms with Crippen molar-refractivity contribution in [3.05, 3.63) is 53.6 Å². The van der Waals surface area contributed by atoms with Crippen LogP contribution in [0.25, 0.3) is 0 Å². The lowest BCUT2D eigenvalue weighted by molar-refractivity contribution is -0.116. The molecule has 0 unspecified atom stereocenters. The summed E-state index contributed by atoms with van der Waals surface area (Å²) in [6, 6.07) is 14.5. The predicted molar refractivity (Wildman–Crippen MR) is 144 cm³/mol. The fraction of sp³-hybridized carbons (Fsp3) is 0.536. The summed E-state index contributed by atoms with van der Waals surface area (Å²) in [6.45, 7) is 12.6. The summed E-state index contributed by atoms with van der Waals surface area (Å²) < 4.78 is 5.30. The van der Waals surface area contributed by atoms with Gasteiger partial charge in [-0.25, -0.2) is 0 Å². The molecule has 5 heteroatoms. The Labute approximate surface area is 207 Å². The molecule has 0 saturated carbocycles. The minimum Gasteiger partial charge on any atom is -0.497 e. The lowest BCUT2D eigenvalue weighted by atomic mass is 9.92. The highest BCUT2D eigenvalue weighted by Crippen LogP contribution is 2.32. The van der Waals surface area contributed by atoms with Crippen molar-refractivity contribution >= 4 is 29.7 Å². The Morgan fingerprint density at radius 1 is 0.909 bits per heavy atom. The van der Waals surface area contributed by atoms with Gasteiger partial charge in [0.2, 0.25) is 5.91 Å². The lowest BCUT2D eigenvalue weighted by Crippen LogP contribution is -2.29. The maximum atomic E-state index is 13.0. The fourth-order valence-electron chi connectivity index (χ4n) is 4.03. The second-order valence-electron chi connectivity index (χ2n) is 9.16. The number of anilines is 2. The van der Waals surface area contributed by atoms with Gasteiger partial charge in [-0.05, 0) is 53.6 Å². The molecule has 2 aromatic carbocycles. The lowest BCUT2D eigenvalue weighted by Gasteiger charge is -2.25. The number of nitrogens with one attached hydrogen (secondary N) is 1. The Morgan fingerprint density at radius 3 is 2.03 bits per heavy atom. The number of nitrogens with zero attached hydrogens (tertiary/aromatic N) is 1. The van der Waals surface area contributed by atoms with Gasteiger partial charge in [-0.1, -0.05) is 72.1 Å². The van der Waals surface area contributed by atoms with Gasteiger partial charge in [0.1, 0.15) is 5.75 Å². The zero-order valence-electron chi connectivity index (χ0n) is 21.3. The molecule has 0 fully saturated rings. The van der Waals surface area contributed by atoms with E-state index in [0.29, 0.717) is 24.8 Å². The van der Waals surface area contributed by atoms with Gasteiger partial charge < -0.3 is 15.0 Å². The van der Waals surface area contributed by atoms with Crippen molar-refractivity contribution in [3.8, 4) is 5.75 Å². The first kappa shape index (κ1) is 28.8. The number of carbonyl (C=O) groups excluding carboxylic acids is 1. The van der Waals surface area contributed by atoms with E-state index in [-0.39, 0.29) is 18.3 Å². The quantitative estimate of drug-likeness (QED) is 0.301. The number of halogens is 1. The zero-order valence-corrected chi connectivity index (χ0v) is 22.1. The van der Waals surface area contributed by atoms with Crippen LogP contribution in [0.2, 0.25) is 0 Å². The largest absolute Gasteiger partial charge is 0.497 e. The van der Waals surface area contributed by atoms with E-state index in [1.165, 1.54) is 30.4 Å². The minimum absolute atomic E-state index is 0. The van der Waals surface area contributed by atoms with Crippen LogP contribution in [-0.2, 0) is 4.79 Å². The first-order valence-electron chi connectivity index (χ1n) is 12.2. The predicted octanol–water partition coefficient (Wildman–Crippen LogP) is 7.78. The highest BCUT2D eigenvalue weighted by atomic mass is 35.5. The van der Waals surface area contributed by atoms with Gasteiger partial charge in [0, 0.05) is 30.9 Å². The van der Waals surface area contributed by atoms with Crippen LogP contribution in [0.15, 0.2) is 42.5 Å². The molecule has 0 heterocycles. The van der Waals surface area contributed by atoms with Crippen LogP contribution in [0.1, 0.15) is 89.7 Å². The number of carbonyl (C=O) groups is 1. The molecule has 1 amide bonds. The van der Waals surface area contributed by atoms with Gasteiger partial charge in [0.05, 0.1) is 7.11 Å². The number of hydrogen-bond donors (Lipinski definition) is 1. The van der Waals surface area contributed by atoms with E-state index in [0.717, 1.165) is 30.1 Å². The van der Waals surface area contributed by atoms with Gasteiger partial charge in [0.25, 0.3) is 0 Å². The maximum Gasteiger partial charge on any atom is 0.226 e. The summed E-state index contributed by atoms with van der Waals surface area (Å²) in [5.74, 6) is 1.65. The van der Waals surface area contributed by atoms with Crippen LogP contribution in [0.4, 0.5) is 11.4 Å². The summed E-state index contributed by atoms with van der Waals surface area (Å²) in [7, 11) is 1.68. The Bertz CT molecular complexity index is 808. The summed E-state index contributed by atoms with van der Waals surface area (Å²) in [4.78, 5) is 15.3. The second-order valence-corrected chi connectivity index (χ2v) is 9.16. The van der Waals surface area contributed by atoms with Crippen molar-refractivity contribution in [2.75, 3.05) is 30.4 Å². The minimum atomic E-state index is 0. The molecule has 2 aromatic rings. The third-order valence-corrected chi connectivity index (χ3v) is 5.97. The van der Waals surface area contributed by atoms with E-state index in [9.17, 15) is 4.79 Å². The summed E-state index contributed by atoms with van der Waals surface area (Å²) >= 11 is 0. The molecule has 0 bridgehead atoms. The monoisotopic (exact) mass is 474 g/mol. The molecule has 0 spiro atoms.